The molecule has 0 spiro atoms. The van der Waals surface area contributed by atoms with Gasteiger partial charge in [-0.3, -0.25) is 4.79 Å². The van der Waals surface area contributed by atoms with E-state index in [1.807, 2.05) is 0 Å². The van der Waals surface area contributed by atoms with Crippen molar-refractivity contribution in [3.8, 4) is 28.6 Å². The lowest BCUT2D eigenvalue weighted by Crippen LogP contribution is -2.27. The van der Waals surface area contributed by atoms with Crippen LogP contribution in [0.1, 0.15) is 20.8 Å². The average Bonchev–Trinajstić information content (AvgIpc) is 2.70. The van der Waals surface area contributed by atoms with Crippen molar-refractivity contribution in [3.63, 3.8) is 0 Å². The number of benzene rings is 2. The van der Waals surface area contributed by atoms with Crippen molar-refractivity contribution in [2.45, 2.75) is 26.4 Å². The first-order chi connectivity index (χ1) is 14.6. The molecule has 8 heteroatoms. The van der Waals surface area contributed by atoms with E-state index in [-0.39, 0.29) is 34.9 Å². The van der Waals surface area contributed by atoms with E-state index in [9.17, 15) is 9.59 Å². The van der Waals surface area contributed by atoms with E-state index in [0.717, 1.165) is 0 Å². The van der Waals surface area contributed by atoms with Gasteiger partial charge in [-0.15, -0.1) is 0 Å². The van der Waals surface area contributed by atoms with Crippen LogP contribution in [0.2, 0.25) is 5.02 Å². The summed E-state index contributed by atoms with van der Waals surface area (Å²) in [6, 6.07) is 9.59. The number of hydrogen-bond donors (Lipinski definition) is 0. The van der Waals surface area contributed by atoms with Crippen molar-refractivity contribution in [2.24, 2.45) is 0 Å². The van der Waals surface area contributed by atoms with Gasteiger partial charge in [-0.1, -0.05) is 17.7 Å². The summed E-state index contributed by atoms with van der Waals surface area (Å²) >= 11 is 6.22. The maximum absolute atomic E-state index is 12.6. The van der Waals surface area contributed by atoms with Gasteiger partial charge < -0.3 is 23.4 Å². The Bertz CT molecular complexity index is 1170. The molecule has 0 radical (unpaired) electrons. The molecule has 164 valence electrons. The highest BCUT2D eigenvalue weighted by atomic mass is 35.5. The highest BCUT2D eigenvalue weighted by Crippen LogP contribution is 2.44. The summed E-state index contributed by atoms with van der Waals surface area (Å²) in [4.78, 5) is 24.7. The van der Waals surface area contributed by atoms with Crippen LogP contribution in [0.4, 0.5) is 0 Å². The minimum absolute atomic E-state index is 0.176. The van der Waals surface area contributed by atoms with Gasteiger partial charge in [0.2, 0.25) is 5.75 Å². The number of halogens is 1. The number of hydrogen-bond acceptors (Lipinski definition) is 7. The SMILES string of the molecule is COc1ccc(-c2cc(=O)c3cccc(Cl)c3o2)c(OC)c1OCC(=O)OC(C)(C)C. The molecule has 0 bridgehead atoms. The Kier molecular flexibility index (Phi) is 6.45. The predicted octanol–water partition coefficient (Wildman–Crippen LogP) is 4.85. The number of carbonyl (C=O) groups excluding carboxylic acids is 1. The van der Waals surface area contributed by atoms with E-state index in [1.54, 1.807) is 51.1 Å². The molecule has 0 aliphatic carbocycles. The first-order valence-corrected chi connectivity index (χ1v) is 9.84. The Balaban J connectivity index is 2.08. The van der Waals surface area contributed by atoms with Gasteiger partial charge in [0.15, 0.2) is 29.1 Å². The van der Waals surface area contributed by atoms with Crippen molar-refractivity contribution in [1.82, 2.24) is 0 Å². The normalized spacial score (nSPS) is 11.3. The molecular formula is C23H23ClO7. The molecule has 7 nitrogen and oxygen atoms in total. The average molecular weight is 447 g/mol. The molecule has 31 heavy (non-hydrogen) atoms. The third-order valence-electron chi connectivity index (χ3n) is 4.23. The van der Waals surface area contributed by atoms with Crippen LogP contribution in [0.15, 0.2) is 45.6 Å². The monoisotopic (exact) mass is 446 g/mol. The number of ether oxygens (including phenoxy) is 4. The minimum Gasteiger partial charge on any atom is -0.493 e. The van der Waals surface area contributed by atoms with Gasteiger partial charge in [0.25, 0.3) is 0 Å². The summed E-state index contributed by atoms with van der Waals surface area (Å²) < 4.78 is 27.8. The molecule has 1 aromatic heterocycles. The van der Waals surface area contributed by atoms with E-state index in [2.05, 4.69) is 0 Å². The lowest BCUT2D eigenvalue weighted by molar-refractivity contribution is -0.157. The smallest absolute Gasteiger partial charge is 0.344 e. The number of esters is 1. The van der Waals surface area contributed by atoms with Crippen LogP contribution >= 0.6 is 11.6 Å². The van der Waals surface area contributed by atoms with Gasteiger partial charge in [-0.25, -0.2) is 4.79 Å². The largest absolute Gasteiger partial charge is 0.493 e. The number of methoxy groups -OCH3 is 2. The fourth-order valence-corrected chi connectivity index (χ4v) is 3.23. The summed E-state index contributed by atoms with van der Waals surface area (Å²) in [6.45, 7) is 4.93. The highest BCUT2D eigenvalue weighted by molar-refractivity contribution is 6.34. The third-order valence-corrected chi connectivity index (χ3v) is 4.52. The van der Waals surface area contributed by atoms with Crippen LogP contribution in [0.25, 0.3) is 22.3 Å². The van der Waals surface area contributed by atoms with Crippen molar-refractivity contribution < 1.29 is 28.2 Å². The van der Waals surface area contributed by atoms with Gasteiger partial charge in [0.1, 0.15) is 11.4 Å². The first kappa shape index (κ1) is 22.5. The molecule has 0 fully saturated rings. The second kappa shape index (κ2) is 8.89. The Labute approximate surface area is 184 Å². The molecule has 0 atom stereocenters. The lowest BCUT2D eigenvalue weighted by Gasteiger charge is -2.21. The molecule has 1 heterocycles. The zero-order chi connectivity index (χ0) is 22.8. The molecule has 3 aromatic rings. The third kappa shape index (κ3) is 4.94. The van der Waals surface area contributed by atoms with E-state index in [1.165, 1.54) is 20.3 Å². The molecule has 0 amide bonds. The van der Waals surface area contributed by atoms with Crippen LogP contribution in [0, 0.1) is 0 Å². The predicted molar refractivity (Wildman–Crippen MR) is 117 cm³/mol. The first-order valence-electron chi connectivity index (χ1n) is 9.47. The number of fused-ring (bicyclic) bond motifs is 1. The van der Waals surface area contributed by atoms with Crippen molar-refractivity contribution >= 4 is 28.5 Å². The molecule has 0 unspecified atom stereocenters. The van der Waals surface area contributed by atoms with Crippen molar-refractivity contribution in [3.05, 3.63) is 51.6 Å². The fraction of sp³-hybridized carbons (Fsp3) is 0.304. The van der Waals surface area contributed by atoms with E-state index < -0.39 is 11.6 Å². The quantitative estimate of drug-likeness (QED) is 0.500. The molecule has 0 saturated heterocycles. The van der Waals surface area contributed by atoms with Crippen molar-refractivity contribution in [1.29, 1.82) is 0 Å². The van der Waals surface area contributed by atoms with Crippen LogP contribution < -0.4 is 19.6 Å². The van der Waals surface area contributed by atoms with Crippen LogP contribution in [-0.2, 0) is 9.53 Å². The van der Waals surface area contributed by atoms with Gasteiger partial charge in [0, 0.05) is 6.07 Å². The summed E-state index contributed by atoms with van der Waals surface area (Å²) in [5.41, 5.74) is -0.209. The maximum atomic E-state index is 12.6. The molecule has 3 rings (SSSR count). The van der Waals surface area contributed by atoms with Crippen LogP contribution in [0.3, 0.4) is 0 Å². The van der Waals surface area contributed by atoms with Gasteiger partial charge in [-0.2, -0.15) is 0 Å². The molecule has 0 aliphatic rings. The lowest BCUT2D eigenvalue weighted by atomic mass is 10.1. The topological polar surface area (TPSA) is 84.2 Å². The van der Waals surface area contributed by atoms with E-state index in [4.69, 9.17) is 35.0 Å². The summed E-state index contributed by atoms with van der Waals surface area (Å²) in [5.74, 6) is 0.427. The summed E-state index contributed by atoms with van der Waals surface area (Å²) in [5, 5.41) is 0.676. The van der Waals surface area contributed by atoms with Gasteiger partial charge >= 0.3 is 5.97 Å². The zero-order valence-electron chi connectivity index (χ0n) is 17.9. The highest BCUT2D eigenvalue weighted by Gasteiger charge is 2.23. The number of carbonyl (C=O) groups is 1. The molecular weight excluding hydrogens is 424 g/mol. The Hall–Kier alpha value is -3.19. The summed E-state index contributed by atoms with van der Waals surface area (Å²) in [7, 11) is 2.90. The van der Waals surface area contributed by atoms with Crippen LogP contribution in [0.5, 0.6) is 17.2 Å². The second-order valence-electron chi connectivity index (χ2n) is 7.64. The van der Waals surface area contributed by atoms with Crippen LogP contribution in [-0.4, -0.2) is 32.4 Å². The molecule has 0 aliphatic heterocycles. The Morgan fingerprint density at radius 3 is 2.45 bits per heavy atom. The Morgan fingerprint density at radius 2 is 1.81 bits per heavy atom. The fourth-order valence-electron chi connectivity index (χ4n) is 3.02. The van der Waals surface area contributed by atoms with Gasteiger partial charge in [-0.05, 0) is 45.0 Å². The van der Waals surface area contributed by atoms with Gasteiger partial charge in [0.05, 0.1) is 30.2 Å². The van der Waals surface area contributed by atoms with E-state index >= 15 is 0 Å². The van der Waals surface area contributed by atoms with Crippen molar-refractivity contribution in [2.75, 3.05) is 20.8 Å². The maximum Gasteiger partial charge on any atom is 0.344 e. The minimum atomic E-state index is -0.649. The standard InChI is InChI=1S/C23H23ClO7/c1-23(2,3)31-19(26)12-29-22-17(27-4)10-9-14(21(22)28-5)18-11-16(25)13-7-6-8-15(24)20(13)30-18/h6-11H,12H2,1-5H3. The van der Waals surface area contributed by atoms with E-state index in [0.29, 0.717) is 21.7 Å². The number of rotatable bonds is 6. The molecule has 0 N–H and O–H groups in total. The second-order valence-corrected chi connectivity index (χ2v) is 8.05. The summed E-state index contributed by atoms with van der Waals surface area (Å²) in [6.07, 6.45) is 0. The molecule has 2 aromatic carbocycles. The molecule has 0 saturated carbocycles. The Morgan fingerprint density at radius 1 is 1.06 bits per heavy atom. The zero-order valence-corrected chi connectivity index (χ0v) is 18.7. The number of para-hydroxylation sites is 1.